The zero-order valence-corrected chi connectivity index (χ0v) is 10.6. The molecular weight excluding hydrogens is 232 g/mol. The summed E-state index contributed by atoms with van der Waals surface area (Å²) in [5, 5.41) is 0.758. The number of ether oxygens (including phenoxy) is 1. The van der Waals surface area contributed by atoms with Gasteiger partial charge in [0, 0.05) is 5.02 Å². The lowest BCUT2D eigenvalue weighted by atomic mass is 10.1. The third kappa shape index (κ3) is 3.24. The summed E-state index contributed by atoms with van der Waals surface area (Å²) in [4.78, 5) is 0. The molecule has 2 aromatic carbocycles. The molecule has 0 aliphatic heterocycles. The Morgan fingerprint density at radius 2 is 1.76 bits per heavy atom. The highest BCUT2D eigenvalue weighted by atomic mass is 35.5. The van der Waals surface area contributed by atoms with Crippen molar-refractivity contribution in [2.45, 2.75) is 20.0 Å². The molecule has 0 radical (unpaired) electrons. The third-order valence-electron chi connectivity index (χ3n) is 2.69. The Hall–Kier alpha value is -1.47. The highest BCUT2D eigenvalue weighted by Crippen LogP contribution is 2.19. The van der Waals surface area contributed by atoms with Gasteiger partial charge >= 0.3 is 0 Å². The second kappa shape index (κ2) is 5.74. The van der Waals surface area contributed by atoms with E-state index in [1.165, 1.54) is 5.56 Å². The molecule has 88 valence electrons. The van der Waals surface area contributed by atoms with Gasteiger partial charge in [-0.15, -0.1) is 0 Å². The summed E-state index contributed by atoms with van der Waals surface area (Å²) in [5.41, 5.74) is 2.44. The summed E-state index contributed by atoms with van der Waals surface area (Å²) in [6, 6.07) is 15.8. The molecule has 0 aromatic heterocycles. The first kappa shape index (κ1) is 12.0. The van der Waals surface area contributed by atoms with E-state index in [-0.39, 0.29) is 0 Å². The Labute approximate surface area is 107 Å². The molecule has 0 saturated heterocycles. The van der Waals surface area contributed by atoms with Crippen LogP contribution in [0.5, 0.6) is 5.75 Å². The minimum atomic E-state index is 0.563. The van der Waals surface area contributed by atoms with Crippen LogP contribution in [0.3, 0.4) is 0 Å². The summed E-state index contributed by atoms with van der Waals surface area (Å²) in [5.74, 6) is 0.884. The second-order valence-corrected chi connectivity index (χ2v) is 4.30. The molecule has 17 heavy (non-hydrogen) atoms. The average molecular weight is 247 g/mol. The van der Waals surface area contributed by atoms with Gasteiger partial charge in [-0.1, -0.05) is 42.8 Å². The monoisotopic (exact) mass is 246 g/mol. The van der Waals surface area contributed by atoms with Crippen molar-refractivity contribution in [1.82, 2.24) is 0 Å². The molecule has 0 atom stereocenters. The van der Waals surface area contributed by atoms with Crippen LogP contribution in [0.4, 0.5) is 0 Å². The normalized spacial score (nSPS) is 10.2. The van der Waals surface area contributed by atoms with Crippen LogP contribution in [0.1, 0.15) is 18.1 Å². The first-order chi connectivity index (χ1) is 8.29. The summed E-state index contributed by atoms with van der Waals surface area (Å²) in [6.07, 6.45) is 0.991. The lowest BCUT2D eigenvalue weighted by Gasteiger charge is -2.10. The Balaban J connectivity index is 2.11. The largest absolute Gasteiger partial charge is 0.489 e. The van der Waals surface area contributed by atoms with Gasteiger partial charge in [-0.05, 0) is 41.8 Å². The molecule has 2 rings (SSSR count). The van der Waals surface area contributed by atoms with Crippen LogP contribution in [0.25, 0.3) is 0 Å². The smallest absolute Gasteiger partial charge is 0.119 e. The summed E-state index contributed by atoms with van der Waals surface area (Å²) in [7, 11) is 0. The predicted molar refractivity (Wildman–Crippen MR) is 71.6 cm³/mol. The van der Waals surface area contributed by atoms with E-state index in [1.54, 1.807) is 0 Å². The molecule has 0 fully saturated rings. The fraction of sp³-hybridized carbons (Fsp3) is 0.200. The maximum atomic E-state index is 6.00. The van der Waals surface area contributed by atoms with Gasteiger partial charge in [0.1, 0.15) is 12.4 Å². The molecule has 2 heteroatoms. The zero-order chi connectivity index (χ0) is 12.1. The number of aryl methyl sites for hydroxylation is 1. The van der Waals surface area contributed by atoms with Crippen molar-refractivity contribution >= 4 is 11.6 Å². The molecular formula is C15H15ClO. The molecule has 0 amide bonds. The Kier molecular flexibility index (Phi) is 4.05. The molecule has 0 aliphatic rings. The van der Waals surface area contributed by atoms with Crippen LogP contribution in [-0.4, -0.2) is 0 Å². The molecule has 1 nitrogen and oxygen atoms in total. The van der Waals surface area contributed by atoms with Crippen molar-refractivity contribution in [3.05, 3.63) is 64.7 Å². The van der Waals surface area contributed by atoms with Crippen molar-refractivity contribution in [3.63, 3.8) is 0 Å². The standard InChI is InChI=1S/C15H15ClO/c1-2-12-8-9-14(16)10-13(12)11-17-15-6-4-3-5-7-15/h3-10H,2,11H2,1H3. The molecule has 0 bridgehead atoms. The first-order valence-corrected chi connectivity index (χ1v) is 6.12. The van der Waals surface area contributed by atoms with E-state index in [9.17, 15) is 0 Å². The lowest BCUT2D eigenvalue weighted by Crippen LogP contribution is -1.99. The molecule has 0 aliphatic carbocycles. The summed E-state index contributed by atoms with van der Waals surface area (Å²) >= 11 is 6.00. The van der Waals surface area contributed by atoms with E-state index < -0.39 is 0 Å². The minimum absolute atomic E-state index is 0.563. The lowest BCUT2D eigenvalue weighted by molar-refractivity contribution is 0.305. The fourth-order valence-corrected chi connectivity index (χ4v) is 1.95. The summed E-state index contributed by atoms with van der Waals surface area (Å²) < 4.78 is 5.73. The minimum Gasteiger partial charge on any atom is -0.489 e. The molecule has 0 saturated carbocycles. The summed E-state index contributed by atoms with van der Waals surface area (Å²) in [6.45, 7) is 2.70. The number of hydrogen-bond donors (Lipinski definition) is 0. The van der Waals surface area contributed by atoms with Crippen molar-refractivity contribution in [3.8, 4) is 5.75 Å². The molecule has 0 N–H and O–H groups in total. The maximum absolute atomic E-state index is 6.00. The van der Waals surface area contributed by atoms with Crippen molar-refractivity contribution < 1.29 is 4.74 Å². The van der Waals surface area contributed by atoms with Crippen molar-refractivity contribution in [1.29, 1.82) is 0 Å². The molecule has 0 unspecified atom stereocenters. The van der Waals surface area contributed by atoms with E-state index in [2.05, 4.69) is 13.0 Å². The number of para-hydroxylation sites is 1. The number of benzene rings is 2. The van der Waals surface area contributed by atoms with E-state index in [4.69, 9.17) is 16.3 Å². The van der Waals surface area contributed by atoms with Gasteiger partial charge in [0.05, 0.1) is 0 Å². The number of halogens is 1. The van der Waals surface area contributed by atoms with Crippen LogP contribution >= 0.6 is 11.6 Å². The van der Waals surface area contributed by atoms with Gasteiger partial charge in [-0.3, -0.25) is 0 Å². The Morgan fingerprint density at radius 3 is 2.47 bits per heavy atom. The first-order valence-electron chi connectivity index (χ1n) is 5.74. The molecule has 0 heterocycles. The van der Waals surface area contributed by atoms with Gasteiger partial charge < -0.3 is 4.74 Å². The second-order valence-electron chi connectivity index (χ2n) is 3.87. The van der Waals surface area contributed by atoms with Gasteiger partial charge in [-0.25, -0.2) is 0 Å². The van der Waals surface area contributed by atoms with E-state index in [1.807, 2.05) is 42.5 Å². The van der Waals surface area contributed by atoms with Gasteiger partial charge in [-0.2, -0.15) is 0 Å². The van der Waals surface area contributed by atoms with Crippen molar-refractivity contribution in [2.24, 2.45) is 0 Å². The SMILES string of the molecule is CCc1ccc(Cl)cc1COc1ccccc1. The fourth-order valence-electron chi connectivity index (χ4n) is 1.75. The van der Waals surface area contributed by atoms with Crippen LogP contribution in [0.2, 0.25) is 5.02 Å². The van der Waals surface area contributed by atoms with Crippen LogP contribution in [0, 0.1) is 0 Å². The van der Waals surface area contributed by atoms with Gasteiger partial charge in [0.2, 0.25) is 0 Å². The van der Waals surface area contributed by atoms with Crippen LogP contribution < -0.4 is 4.74 Å². The average Bonchev–Trinajstić information content (AvgIpc) is 2.38. The Bertz CT molecular complexity index is 480. The van der Waals surface area contributed by atoms with E-state index in [0.29, 0.717) is 6.61 Å². The third-order valence-corrected chi connectivity index (χ3v) is 2.92. The maximum Gasteiger partial charge on any atom is 0.119 e. The Morgan fingerprint density at radius 1 is 1.00 bits per heavy atom. The highest BCUT2D eigenvalue weighted by molar-refractivity contribution is 6.30. The molecule has 0 spiro atoms. The zero-order valence-electron chi connectivity index (χ0n) is 9.82. The highest BCUT2D eigenvalue weighted by Gasteiger charge is 2.03. The van der Waals surface area contributed by atoms with Crippen molar-refractivity contribution in [2.75, 3.05) is 0 Å². The van der Waals surface area contributed by atoms with Gasteiger partial charge in [0.15, 0.2) is 0 Å². The number of hydrogen-bond acceptors (Lipinski definition) is 1. The van der Waals surface area contributed by atoms with E-state index >= 15 is 0 Å². The topological polar surface area (TPSA) is 9.23 Å². The van der Waals surface area contributed by atoms with Gasteiger partial charge in [0.25, 0.3) is 0 Å². The predicted octanol–water partition coefficient (Wildman–Crippen LogP) is 4.48. The van der Waals surface area contributed by atoms with Crippen LogP contribution in [-0.2, 0) is 13.0 Å². The van der Waals surface area contributed by atoms with E-state index in [0.717, 1.165) is 22.8 Å². The quantitative estimate of drug-likeness (QED) is 0.773. The molecule has 2 aromatic rings. The van der Waals surface area contributed by atoms with Crippen LogP contribution in [0.15, 0.2) is 48.5 Å². The number of rotatable bonds is 4.